The highest BCUT2D eigenvalue weighted by Gasteiger charge is 2.26. The van der Waals surface area contributed by atoms with Crippen LogP contribution >= 0.6 is 11.3 Å². The fraction of sp³-hybridized carbons (Fsp3) is 0.500. The largest absolute Gasteiger partial charge is 0.481 e. The first-order valence-electron chi connectivity index (χ1n) is 6.73. The van der Waals surface area contributed by atoms with E-state index in [1.165, 1.54) is 16.2 Å². The number of anilines is 1. The fourth-order valence-corrected chi connectivity index (χ4v) is 3.09. The number of carbonyl (C=O) groups is 3. The minimum absolute atomic E-state index is 0.00737. The lowest BCUT2D eigenvalue weighted by atomic mass is 10.1. The number of rotatable bonds is 8. The van der Waals surface area contributed by atoms with E-state index < -0.39 is 17.9 Å². The molecule has 0 aliphatic rings. The second-order valence-electron chi connectivity index (χ2n) is 4.64. The van der Waals surface area contributed by atoms with E-state index in [-0.39, 0.29) is 26.1 Å². The Bertz CT molecular complexity index is 580. The van der Waals surface area contributed by atoms with Crippen LogP contribution in [0.25, 0.3) is 0 Å². The van der Waals surface area contributed by atoms with Crippen LogP contribution < -0.4 is 4.90 Å². The van der Waals surface area contributed by atoms with Crippen LogP contribution in [0.1, 0.15) is 34.1 Å². The number of aryl methyl sites for hydroxylation is 1. The van der Waals surface area contributed by atoms with Crippen molar-refractivity contribution >= 4 is 34.2 Å². The molecule has 0 fully saturated rings. The molecule has 0 radical (unpaired) electrons. The molecule has 1 aromatic rings. The zero-order chi connectivity index (χ0) is 16.9. The Morgan fingerprint density at radius 3 is 2.32 bits per heavy atom. The van der Waals surface area contributed by atoms with E-state index in [2.05, 4.69) is 0 Å². The number of esters is 1. The van der Waals surface area contributed by atoms with Crippen LogP contribution in [0.3, 0.4) is 0 Å². The lowest BCUT2D eigenvalue weighted by Crippen LogP contribution is -2.32. The molecule has 0 amide bonds. The summed E-state index contributed by atoms with van der Waals surface area (Å²) in [4.78, 5) is 36.2. The molecule has 2 N–H and O–H groups in total. The molecule has 0 bridgehead atoms. The molecular weight excluding hydrogens is 310 g/mol. The SMILES string of the molecule is CCOC(=O)c1c(N(CCC(=O)O)CC(=O)O)sc(C)c1C. The van der Waals surface area contributed by atoms with Gasteiger partial charge in [-0.25, -0.2) is 4.79 Å². The van der Waals surface area contributed by atoms with Crippen molar-refractivity contribution in [2.45, 2.75) is 27.2 Å². The van der Waals surface area contributed by atoms with Gasteiger partial charge in [-0.15, -0.1) is 11.3 Å². The van der Waals surface area contributed by atoms with E-state index in [4.69, 9.17) is 14.9 Å². The molecule has 0 saturated heterocycles. The number of carboxylic acids is 2. The summed E-state index contributed by atoms with van der Waals surface area (Å²) in [7, 11) is 0. The highest BCUT2D eigenvalue weighted by atomic mass is 32.1. The lowest BCUT2D eigenvalue weighted by Gasteiger charge is -2.21. The molecule has 0 spiro atoms. The first-order chi connectivity index (χ1) is 10.3. The Labute approximate surface area is 132 Å². The molecule has 0 atom stereocenters. The van der Waals surface area contributed by atoms with Crippen molar-refractivity contribution in [1.82, 2.24) is 0 Å². The molecule has 1 aromatic heterocycles. The first-order valence-corrected chi connectivity index (χ1v) is 7.55. The van der Waals surface area contributed by atoms with Crippen molar-refractivity contribution in [1.29, 1.82) is 0 Å². The normalized spacial score (nSPS) is 10.3. The van der Waals surface area contributed by atoms with Crippen molar-refractivity contribution in [2.24, 2.45) is 0 Å². The predicted molar refractivity (Wildman–Crippen MR) is 81.9 cm³/mol. The van der Waals surface area contributed by atoms with Gasteiger partial charge in [-0.1, -0.05) is 0 Å². The van der Waals surface area contributed by atoms with Gasteiger partial charge in [0.05, 0.1) is 18.6 Å². The van der Waals surface area contributed by atoms with Crippen LogP contribution in [0.2, 0.25) is 0 Å². The highest BCUT2D eigenvalue weighted by molar-refractivity contribution is 7.16. The van der Waals surface area contributed by atoms with Gasteiger partial charge in [-0.05, 0) is 26.3 Å². The van der Waals surface area contributed by atoms with Gasteiger partial charge in [-0.3, -0.25) is 9.59 Å². The number of hydrogen-bond donors (Lipinski definition) is 2. The number of nitrogens with zero attached hydrogens (tertiary/aromatic N) is 1. The smallest absolute Gasteiger partial charge is 0.341 e. The minimum atomic E-state index is -1.09. The van der Waals surface area contributed by atoms with Gasteiger partial charge in [0.25, 0.3) is 0 Å². The summed E-state index contributed by atoms with van der Waals surface area (Å²) >= 11 is 1.27. The van der Waals surface area contributed by atoms with Crippen LogP contribution in [0.5, 0.6) is 0 Å². The van der Waals surface area contributed by atoms with Gasteiger partial charge in [-0.2, -0.15) is 0 Å². The van der Waals surface area contributed by atoms with E-state index in [9.17, 15) is 14.4 Å². The predicted octanol–water partition coefficient (Wildman–Crippen LogP) is 1.91. The Kier molecular flexibility index (Phi) is 6.36. The molecule has 7 nitrogen and oxygen atoms in total. The molecule has 1 rings (SSSR count). The average molecular weight is 329 g/mol. The number of carboxylic acid groups (broad SMARTS) is 2. The number of thiophene rings is 1. The van der Waals surface area contributed by atoms with Crippen molar-refractivity contribution in [3.63, 3.8) is 0 Å². The van der Waals surface area contributed by atoms with E-state index >= 15 is 0 Å². The molecule has 0 unspecified atom stereocenters. The fourth-order valence-electron chi connectivity index (χ4n) is 1.92. The van der Waals surface area contributed by atoms with E-state index in [0.717, 1.165) is 10.4 Å². The summed E-state index contributed by atoms with van der Waals surface area (Å²) in [6, 6.07) is 0. The molecule has 0 aromatic carbocycles. The number of aliphatic carboxylic acids is 2. The summed E-state index contributed by atoms with van der Waals surface area (Å²) in [5.41, 5.74) is 1.04. The topological polar surface area (TPSA) is 104 Å². The van der Waals surface area contributed by atoms with Crippen molar-refractivity contribution in [2.75, 3.05) is 24.6 Å². The van der Waals surface area contributed by atoms with Crippen LogP contribution in [-0.2, 0) is 14.3 Å². The van der Waals surface area contributed by atoms with Crippen LogP contribution in [0, 0.1) is 13.8 Å². The van der Waals surface area contributed by atoms with E-state index in [1.54, 1.807) is 13.8 Å². The van der Waals surface area contributed by atoms with Crippen molar-refractivity contribution in [3.8, 4) is 0 Å². The molecule has 1 heterocycles. The van der Waals surface area contributed by atoms with Gasteiger partial charge in [0.1, 0.15) is 11.5 Å². The Balaban J connectivity index is 3.22. The third-order valence-electron chi connectivity index (χ3n) is 3.06. The number of hydrogen-bond acceptors (Lipinski definition) is 6. The van der Waals surface area contributed by atoms with Crippen LogP contribution in [-0.4, -0.2) is 47.8 Å². The molecular formula is C14H19NO6S. The molecule has 22 heavy (non-hydrogen) atoms. The van der Waals surface area contributed by atoms with Gasteiger partial charge in [0.15, 0.2) is 0 Å². The maximum atomic E-state index is 12.1. The second-order valence-corrected chi connectivity index (χ2v) is 5.85. The van der Waals surface area contributed by atoms with Crippen molar-refractivity contribution in [3.05, 3.63) is 16.0 Å². The third kappa shape index (κ3) is 4.45. The summed E-state index contributed by atoms with van der Waals surface area (Å²) in [6.07, 6.45) is -0.217. The molecule has 0 saturated carbocycles. The quantitative estimate of drug-likeness (QED) is 0.702. The lowest BCUT2D eigenvalue weighted by molar-refractivity contribution is -0.138. The Morgan fingerprint density at radius 2 is 1.82 bits per heavy atom. The Morgan fingerprint density at radius 1 is 1.18 bits per heavy atom. The zero-order valence-corrected chi connectivity index (χ0v) is 13.5. The van der Waals surface area contributed by atoms with Gasteiger partial charge in [0, 0.05) is 11.4 Å². The van der Waals surface area contributed by atoms with Gasteiger partial charge >= 0.3 is 17.9 Å². The van der Waals surface area contributed by atoms with Gasteiger partial charge in [0.2, 0.25) is 0 Å². The van der Waals surface area contributed by atoms with E-state index in [1.807, 2.05) is 6.92 Å². The Hall–Kier alpha value is -2.09. The van der Waals surface area contributed by atoms with Crippen molar-refractivity contribution < 1.29 is 29.3 Å². The van der Waals surface area contributed by atoms with Crippen LogP contribution in [0.15, 0.2) is 0 Å². The third-order valence-corrected chi connectivity index (χ3v) is 4.32. The molecule has 0 aliphatic carbocycles. The molecule has 122 valence electrons. The summed E-state index contributed by atoms with van der Waals surface area (Å²) < 4.78 is 5.02. The zero-order valence-electron chi connectivity index (χ0n) is 12.7. The minimum Gasteiger partial charge on any atom is -0.481 e. The number of ether oxygens (including phenoxy) is 1. The average Bonchev–Trinajstić information content (AvgIpc) is 2.70. The van der Waals surface area contributed by atoms with E-state index in [0.29, 0.717) is 10.6 Å². The maximum absolute atomic E-state index is 12.1. The monoisotopic (exact) mass is 329 g/mol. The van der Waals surface area contributed by atoms with Gasteiger partial charge < -0.3 is 19.8 Å². The summed E-state index contributed by atoms with van der Waals surface area (Å²) in [5.74, 6) is -2.65. The molecule has 8 heteroatoms. The summed E-state index contributed by atoms with van der Waals surface area (Å²) in [6.45, 7) is 5.11. The summed E-state index contributed by atoms with van der Waals surface area (Å²) in [5, 5.41) is 18.3. The van der Waals surface area contributed by atoms with Crippen LogP contribution in [0.4, 0.5) is 5.00 Å². The number of carbonyl (C=O) groups excluding carboxylic acids is 1. The molecule has 0 aliphatic heterocycles. The highest BCUT2D eigenvalue weighted by Crippen LogP contribution is 2.36. The second kappa shape index (κ2) is 7.79. The maximum Gasteiger partial charge on any atom is 0.341 e. The standard InChI is InChI=1S/C14H19NO6S/c1-4-21-14(20)12-8(2)9(3)22-13(12)15(7-11(18)19)6-5-10(16)17/h4-7H2,1-3H3,(H,16,17)(H,18,19). The first kappa shape index (κ1) is 18.0.